The summed E-state index contributed by atoms with van der Waals surface area (Å²) in [5.41, 5.74) is 1.72. The predicted molar refractivity (Wildman–Crippen MR) is 170 cm³/mol. The predicted octanol–water partition coefficient (Wildman–Crippen LogP) is 6.72. The molecule has 1 aliphatic rings. The van der Waals surface area contributed by atoms with E-state index < -0.39 is 35.1 Å². The van der Waals surface area contributed by atoms with Crippen LogP contribution in [0.3, 0.4) is 0 Å². The molecule has 2 aromatic carbocycles. The molecule has 5 aromatic rings. The molecule has 0 N–H and O–H groups in total. The summed E-state index contributed by atoms with van der Waals surface area (Å²) in [6, 6.07) is 7.61. The summed E-state index contributed by atoms with van der Waals surface area (Å²) in [4.78, 5) is 29.0. The van der Waals surface area contributed by atoms with Crippen LogP contribution in [-0.2, 0) is 18.2 Å². The van der Waals surface area contributed by atoms with Gasteiger partial charge in [0.05, 0.1) is 28.6 Å². The maximum Gasteiger partial charge on any atom is 0.410 e. The summed E-state index contributed by atoms with van der Waals surface area (Å²) in [6.45, 7) is 15.1. The van der Waals surface area contributed by atoms with Gasteiger partial charge in [-0.1, -0.05) is 25.3 Å². The minimum atomic E-state index is -0.710. The Morgan fingerprint density at radius 1 is 1.02 bits per heavy atom. The van der Waals surface area contributed by atoms with Gasteiger partial charge in [-0.05, 0) is 58.0 Å². The highest BCUT2D eigenvalue weighted by Gasteiger charge is 2.37. The molecule has 1 atom stereocenters. The number of imidazole rings is 1. The van der Waals surface area contributed by atoms with E-state index in [1.807, 2.05) is 14.0 Å². The summed E-state index contributed by atoms with van der Waals surface area (Å²) >= 11 is 0. The molecule has 0 radical (unpaired) electrons. The SMILES string of the molecule is C=Cc1cc(-n2nc3c(c2-n2ccn(-c4ccc5c(ccn5C)c4F)c2=O)[C@H](C)N(C(=O)OC(C)(C)C)CC3)cc(C=C)c1F. The summed E-state index contributed by atoms with van der Waals surface area (Å²) < 4.78 is 42.4. The molecule has 1 amide bonds. The van der Waals surface area contributed by atoms with Gasteiger partial charge in [0, 0.05) is 60.7 Å². The molecule has 9 nitrogen and oxygen atoms in total. The fraction of sp³-hybridized carbons (Fsp3) is 0.265. The van der Waals surface area contributed by atoms with E-state index in [2.05, 4.69) is 13.2 Å². The van der Waals surface area contributed by atoms with Crippen LogP contribution >= 0.6 is 0 Å². The van der Waals surface area contributed by atoms with E-state index in [1.54, 1.807) is 71.4 Å². The second-order valence-corrected chi connectivity index (χ2v) is 12.1. The minimum absolute atomic E-state index is 0.0884. The van der Waals surface area contributed by atoms with E-state index in [9.17, 15) is 9.59 Å². The Balaban J connectivity index is 1.58. The number of fused-ring (bicyclic) bond motifs is 2. The first-order valence-electron chi connectivity index (χ1n) is 14.6. The second kappa shape index (κ2) is 10.8. The highest BCUT2D eigenvalue weighted by molar-refractivity contribution is 5.83. The molecule has 0 saturated carbocycles. The van der Waals surface area contributed by atoms with Gasteiger partial charge in [-0.3, -0.25) is 9.13 Å². The number of nitrogens with zero attached hydrogens (tertiary/aromatic N) is 6. The average molecular weight is 613 g/mol. The van der Waals surface area contributed by atoms with Gasteiger partial charge in [-0.15, -0.1) is 0 Å². The summed E-state index contributed by atoms with van der Waals surface area (Å²) in [6.07, 6.45) is 7.47. The van der Waals surface area contributed by atoms with Crippen LogP contribution in [-0.4, -0.2) is 46.6 Å². The molecule has 0 spiro atoms. The molecule has 0 unspecified atom stereocenters. The van der Waals surface area contributed by atoms with Gasteiger partial charge in [-0.2, -0.15) is 5.10 Å². The lowest BCUT2D eigenvalue weighted by molar-refractivity contribution is 0.0159. The number of carbonyl (C=O) groups excluding carboxylic acids is 1. The van der Waals surface area contributed by atoms with E-state index >= 15 is 8.78 Å². The van der Waals surface area contributed by atoms with E-state index in [-0.39, 0.29) is 16.8 Å². The lowest BCUT2D eigenvalue weighted by atomic mass is 9.99. The smallest absolute Gasteiger partial charge is 0.410 e. The van der Waals surface area contributed by atoms with Crippen LogP contribution in [0.15, 0.2) is 66.9 Å². The van der Waals surface area contributed by atoms with Crippen LogP contribution in [0.4, 0.5) is 13.6 Å². The Kier molecular flexibility index (Phi) is 7.14. The molecule has 6 rings (SSSR count). The van der Waals surface area contributed by atoms with Gasteiger partial charge < -0.3 is 14.2 Å². The maximum atomic E-state index is 15.7. The first kappa shape index (κ1) is 29.9. The van der Waals surface area contributed by atoms with Crippen molar-refractivity contribution >= 4 is 29.1 Å². The van der Waals surface area contributed by atoms with Crippen molar-refractivity contribution in [3.63, 3.8) is 0 Å². The zero-order valence-corrected chi connectivity index (χ0v) is 25.8. The monoisotopic (exact) mass is 612 g/mol. The molecule has 0 bridgehead atoms. The van der Waals surface area contributed by atoms with Gasteiger partial charge in [0.1, 0.15) is 17.2 Å². The van der Waals surface area contributed by atoms with Crippen LogP contribution in [0, 0.1) is 11.6 Å². The molecular formula is C34H34F2N6O3. The van der Waals surface area contributed by atoms with Gasteiger partial charge in [0.25, 0.3) is 0 Å². The Labute approximate surface area is 258 Å². The molecule has 3 aromatic heterocycles. The van der Waals surface area contributed by atoms with Gasteiger partial charge in [0.2, 0.25) is 0 Å². The van der Waals surface area contributed by atoms with Crippen LogP contribution in [0.2, 0.25) is 0 Å². The number of rotatable bonds is 5. The number of hydrogen-bond acceptors (Lipinski definition) is 4. The van der Waals surface area contributed by atoms with Crippen LogP contribution in [0.25, 0.3) is 40.2 Å². The largest absolute Gasteiger partial charge is 0.444 e. The third-order valence-electron chi connectivity index (χ3n) is 8.12. The number of aromatic nitrogens is 5. The van der Waals surface area contributed by atoms with Crippen LogP contribution in [0.1, 0.15) is 56.1 Å². The first-order valence-corrected chi connectivity index (χ1v) is 14.6. The fourth-order valence-electron chi connectivity index (χ4n) is 5.92. The van der Waals surface area contributed by atoms with Gasteiger partial charge in [-0.25, -0.2) is 23.1 Å². The average Bonchev–Trinajstić information content (AvgIpc) is 3.68. The quantitative estimate of drug-likeness (QED) is 0.221. The molecule has 0 fully saturated rings. The topological polar surface area (TPSA) is 79.2 Å². The number of ether oxygens (including phenoxy) is 1. The van der Waals surface area contributed by atoms with Crippen molar-refractivity contribution in [1.82, 2.24) is 28.4 Å². The van der Waals surface area contributed by atoms with E-state index in [0.29, 0.717) is 46.6 Å². The highest BCUT2D eigenvalue weighted by Crippen LogP contribution is 2.37. The maximum absolute atomic E-state index is 15.7. The zero-order valence-electron chi connectivity index (χ0n) is 25.8. The molecular weight excluding hydrogens is 578 g/mol. The van der Waals surface area contributed by atoms with Crippen molar-refractivity contribution in [2.45, 2.75) is 45.8 Å². The summed E-state index contributed by atoms with van der Waals surface area (Å²) in [5.74, 6) is -0.674. The van der Waals surface area contributed by atoms with Gasteiger partial charge in [0.15, 0.2) is 5.82 Å². The van der Waals surface area contributed by atoms with E-state index in [4.69, 9.17) is 9.84 Å². The van der Waals surface area contributed by atoms with Gasteiger partial charge >= 0.3 is 11.8 Å². The molecule has 4 heterocycles. The fourth-order valence-corrected chi connectivity index (χ4v) is 5.92. The van der Waals surface area contributed by atoms with Crippen LogP contribution in [0.5, 0.6) is 0 Å². The third-order valence-corrected chi connectivity index (χ3v) is 8.12. The number of amides is 1. The summed E-state index contributed by atoms with van der Waals surface area (Å²) in [5, 5.41) is 5.27. The van der Waals surface area contributed by atoms with Crippen molar-refractivity contribution in [3.05, 3.63) is 107 Å². The zero-order chi connectivity index (χ0) is 32.4. The number of carbonyl (C=O) groups is 1. The number of aryl methyl sites for hydroxylation is 1. The molecule has 0 aliphatic carbocycles. The molecule has 11 heteroatoms. The molecule has 45 heavy (non-hydrogen) atoms. The van der Waals surface area contributed by atoms with Crippen molar-refractivity contribution in [2.24, 2.45) is 7.05 Å². The lowest BCUT2D eigenvalue weighted by Gasteiger charge is -2.34. The molecule has 232 valence electrons. The number of hydrogen-bond donors (Lipinski definition) is 0. The highest BCUT2D eigenvalue weighted by atomic mass is 19.1. The third kappa shape index (κ3) is 4.88. The molecule has 0 saturated heterocycles. The number of benzene rings is 2. The molecule has 1 aliphatic heterocycles. The lowest BCUT2D eigenvalue weighted by Crippen LogP contribution is -2.42. The van der Waals surface area contributed by atoms with Crippen molar-refractivity contribution in [3.8, 4) is 17.2 Å². The Hall–Kier alpha value is -5.19. The van der Waals surface area contributed by atoms with E-state index in [1.165, 1.54) is 33.7 Å². The van der Waals surface area contributed by atoms with Crippen LogP contribution < -0.4 is 5.69 Å². The number of halogens is 2. The Morgan fingerprint density at radius 2 is 1.69 bits per heavy atom. The van der Waals surface area contributed by atoms with E-state index in [0.717, 1.165) is 0 Å². The summed E-state index contributed by atoms with van der Waals surface area (Å²) in [7, 11) is 1.82. The first-order chi connectivity index (χ1) is 21.3. The van der Waals surface area contributed by atoms with Crippen molar-refractivity contribution in [2.75, 3.05) is 6.54 Å². The van der Waals surface area contributed by atoms with Crippen molar-refractivity contribution < 1.29 is 18.3 Å². The Morgan fingerprint density at radius 3 is 2.33 bits per heavy atom. The minimum Gasteiger partial charge on any atom is -0.444 e. The van der Waals surface area contributed by atoms with Crippen molar-refractivity contribution in [1.29, 1.82) is 0 Å². The normalized spacial score (nSPS) is 14.9. The second-order valence-electron chi connectivity index (χ2n) is 12.1. The Bertz CT molecular complexity index is 2040. The standard InChI is InChI=1S/C34H34F2N6O3/c1-8-21-18-23(19-22(9-2)29(21)35)42-31(28-20(3)39(15-13-25(28)37-42)33(44)45-34(4,5)6)41-17-16-40(32(41)43)27-11-10-26-24(30(27)36)12-14-38(26)7/h8-12,14,16-20H,1-2,13,15H2,3-7H3/t20-/m0/s1.